The molecule has 1 N–H and O–H groups in total. The molecule has 2 heterocycles. The second-order valence-electron chi connectivity index (χ2n) is 6.62. The molecule has 0 bridgehead atoms. The van der Waals surface area contributed by atoms with Gasteiger partial charge in [-0.2, -0.15) is 0 Å². The third kappa shape index (κ3) is 3.88. The molecule has 0 spiro atoms. The van der Waals surface area contributed by atoms with Gasteiger partial charge in [0.05, 0.1) is 16.7 Å². The normalized spacial score (nSPS) is 15.2. The summed E-state index contributed by atoms with van der Waals surface area (Å²) in [4.78, 5) is 48.8. The molecule has 3 aromatic rings. The highest BCUT2D eigenvalue weighted by molar-refractivity contribution is 6.39. The molecule has 0 unspecified atom stereocenters. The van der Waals surface area contributed by atoms with E-state index in [9.17, 15) is 28.7 Å². The summed E-state index contributed by atoms with van der Waals surface area (Å²) < 4.78 is 19.2. The first kappa shape index (κ1) is 21.0. The number of carbonyl (C=O) groups excluding carboxylic acids is 4. The predicted octanol–water partition coefficient (Wildman–Crippen LogP) is 2.77. The molecular weight excluding hydrogens is 443 g/mol. The molecule has 1 saturated heterocycles. The van der Waals surface area contributed by atoms with E-state index in [1.807, 2.05) is 5.32 Å². The number of hydrogen-bond acceptors (Lipinski definition) is 6. The molecule has 1 aliphatic rings. The minimum atomic E-state index is -1.43. The van der Waals surface area contributed by atoms with Crippen LogP contribution in [0.5, 0.6) is 0 Å². The number of hydrogen-bond donors (Lipinski definition) is 1. The van der Waals surface area contributed by atoms with Crippen molar-refractivity contribution in [2.24, 2.45) is 0 Å². The van der Waals surface area contributed by atoms with Crippen molar-refractivity contribution < 1.29 is 33.1 Å². The molecular formula is C22H11ClFN2O6-. The quantitative estimate of drug-likeness (QED) is 0.479. The Morgan fingerprint density at radius 3 is 2.56 bits per heavy atom. The highest BCUT2D eigenvalue weighted by Crippen LogP contribution is 2.29. The summed E-state index contributed by atoms with van der Waals surface area (Å²) in [5.74, 6) is -3.59. The number of urea groups is 1. The lowest BCUT2D eigenvalue weighted by Gasteiger charge is -2.26. The van der Waals surface area contributed by atoms with E-state index < -0.39 is 35.2 Å². The van der Waals surface area contributed by atoms with Crippen molar-refractivity contribution in [2.75, 3.05) is 4.90 Å². The van der Waals surface area contributed by atoms with Gasteiger partial charge in [-0.15, -0.1) is 0 Å². The van der Waals surface area contributed by atoms with Crippen molar-refractivity contribution in [3.63, 3.8) is 0 Å². The number of amides is 4. The van der Waals surface area contributed by atoms with Crippen molar-refractivity contribution in [1.29, 1.82) is 0 Å². The number of anilines is 1. The van der Waals surface area contributed by atoms with E-state index >= 15 is 0 Å². The molecule has 8 nitrogen and oxygen atoms in total. The van der Waals surface area contributed by atoms with Crippen molar-refractivity contribution in [3.05, 3.63) is 82.3 Å². The average molecular weight is 454 g/mol. The molecule has 0 radical (unpaired) electrons. The summed E-state index contributed by atoms with van der Waals surface area (Å²) in [6.45, 7) is 0. The van der Waals surface area contributed by atoms with Crippen molar-refractivity contribution >= 4 is 47.2 Å². The second kappa shape index (κ2) is 8.12. The number of carboxylic acids is 1. The van der Waals surface area contributed by atoms with E-state index in [0.717, 1.165) is 18.2 Å². The number of benzene rings is 2. The molecule has 0 saturated carbocycles. The van der Waals surface area contributed by atoms with Crippen molar-refractivity contribution in [2.45, 2.75) is 0 Å². The largest absolute Gasteiger partial charge is 0.545 e. The first-order valence-electron chi connectivity index (χ1n) is 9.03. The molecule has 10 heteroatoms. The lowest BCUT2D eigenvalue weighted by molar-refractivity contribution is -0.255. The van der Waals surface area contributed by atoms with Crippen LogP contribution in [0.25, 0.3) is 17.4 Å². The van der Waals surface area contributed by atoms with Crippen LogP contribution in [0.3, 0.4) is 0 Å². The van der Waals surface area contributed by atoms with Gasteiger partial charge in [0.15, 0.2) is 0 Å². The third-order valence-corrected chi connectivity index (χ3v) is 4.87. The zero-order valence-corrected chi connectivity index (χ0v) is 16.7. The van der Waals surface area contributed by atoms with Crippen LogP contribution >= 0.6 is 11.6 Å². The smallest absolute Gasteiger partial charge is 0.335 e. The molecule has 160 valence electrons. The maximum atomic E-state index is 13.5. The second-order valence-corrected chi connectivity index (χ2v) is 7.03. The lowest BCUT2D eigenvalue weighted by Crippen LogP contribution is -2.54. The van der Waals surface area contributed by atoms with E-state index in [1.165, 1.54) is 42.5 Å². The van der Waals surface area contributed by atoms with Gasteiger partial charge >= 0.3 is 6.03 Å². The van der Waals surface area contributed by atoms with Gasteiger partial charge in [-0.3, -0.25) is 14.9 Å². The Morgan fingerprint density at radius 1 is 1.09 bits per heavy atom. The van der Waals surface area contributed by atoms with Crippen molar-refractivity contribution in [3.8, 4) is 11.3 Å². The minimum Gasteiger partial charge on any atom is -0.545 e. The van der Waals surface area contributed by atoms with Crippen LogP contribution < -0.4 is 15.3 Å². The number of imide groups is 2. The fraction of sp³-hybridized carbons (Fsp3) is 0. The number of barbiturate groups is 1. The molecule has 1 aliphatic heterocycles. The number of nitrogens with one attached hydrogen (secondary N) is 1. The van der Waals surface area contributed by atoms with Gasteiger partial charge in [-0.1, -0.05) is 29.8 Å². The Kier molecular flexibility index (Phi) is 5.33. The SMILES string of the molecule is O=C1NC(=O)N(c2cccc(F)c2)C(=O)/C1=C/c1ccc(-c2ccc(C(=O)[O-])c(Cl)c2)o1. The maximum Gasteiger partial charge on any atom is 0.335 e. The zero-order chi connectivity index (χ0) is 23.0. The summed E-state index contributed by atoms with van der Waals surface area (Å²) in [6.07, 6.45) is 1.14. The van der Waals surface area contributed by atoms with Gasteiger partial charge in [0, 0.05) is 11.1 Å². The standard InChI is InChI=1S/C22H12ClFN2O6/c23-17-8-11(4-6-15(17)21(29)30)18-7-5-14(32-18)10-16-19(27)25-22(31)26(20(16)28)13-3-1-2-12(24)9-13/h1-10H,(H,29,30)(H,25,27,31)/p-1/b16-10+. The van der Waals surface area contributed by atoms with Crippen LogP contribution in [0.4, 0.5) is 14.9 Å². The highest BCUT2D eigenvalue weighted by atomic mass is 35.5. The zero-order valence-electron chi connectivity index (χ0n) is 15.9. The Labute approximate surface area is 184 Å². The van der Waals surface area contributed by atoms with Gasteiger partial charge in [0.2, 0.25) is 0 Å². The number of carboxylic acid groups (broad SMARTS) is 1. The van der Waals surface area contributed by atoms with E-state index in [1.54, 1.807) is 0 Å². The molecule has 0 aliphatic carbocycles. The number of furan rings is 1. The van der Waals surface area contributed by atoms with Crippen LogP contribution in [0.15, 0.2) is 64.6 Å². The van der Waals surface area contributed by atoms with Crippen LogP contribution in [-0.2, 0) is 9.59 Å². The number of nitrogens with zero attached hydrogens (tertiary/aromatic N) is 1. The molecule has 32 heavy (non-hydrogen) atoms. The minimum absolute atomic E-state index is 0.0475. The van der Waals surface area contributed by atoms with E-state index in [2.05, 4.69) is 0 Å². The first-order chi connectivity index (χ1) is 15.2. The summed E-state index contributed by atoms with van der Waals surface area (Å²) in [7, 11) is 0. The Hall–Kier alpha value is -4.24. The lowest BCUT2D eigenvalue weighted by atomic mass is 10.1. The van der Waals surface area contributed by atoms with E-state index in [-0.39, 0.29) is 27.8 Å². The molecule has 1 aromatic heterocycles. The molecule has 2 aromatic carbocycles. The van der Waals surface area contributed by atoms with Gasteiger partial charge in [-0.05, 0) is 42.5 Å². The summed E-state index contributed by atoms with van der Waals surface area (Å²) in [5.41, 5.74) is -0.190. The van der Waals surface area contributed by atoms with Crippen LogP contribution in [0.1, 0.15) is 16.1 Å². The molecule has 1 fully saturated rings. The Balaban J connectivity index is 1.66. The maximum absolute atomic E-state index is 13.5. The fourth-order valence-corrected chi connectivity index (χ4v) is 3.33. The summed E-state index contributed by atoms with van der Waals surface area (Å²) in [5, 5.41) is 13.0. The Morgan fingerprint density at radius 2 is 1.88 bits per heavy atom. The average Bonchev–Trinajstić information content (AvgIpc) is 3.19. The highest BCUT2D eigenvalue weighted by Gasteiger charge is 2.37. The number of halogens is 2. The van der Waals surface area contributed by atoms with Crippen LogP contribution in [-0.4, -0.2) is 23.8 Å². The monoisotopic (exact) mass is 453 g/mol. The van der Waals surface area contributed by atoms with E-state index in [4.69, 9.17) is 16.0 Å². The van der Waals surface area contributed by atoms with E-state index in [0.29, 0.717) is 10.5 Å². The predicted molar refractivity (Wildman–Crippen MR) is 109 cm³/mol. The van der Waals surface area contributed by atoms with Crippen LogP contribution in [0.2, 0.25) is 5.02 Å². The topological polar surface area (TPSA) is 120 Å². The molecule has 0 atom stereocenters. The summed E-state index contributed by atoms with van der Waals surface area (Å²) >= 11 is 5.94. The van der Waals surface area contributed by atoms with Gasteiger partial charge in [0.25, 0.3) is 11.8 Å². The van der Waals surface area contributed by atoms with Gasteiger partial charge < -0.3 is 14.3 Å². The number of rotatable bonds is 4. The van der Waals surface area contributed by atoms with Gasteiger partial charge in [-0.25, -0.2) is 14.1 Å². The number of aromatic carboxylic acids is 1. The first-order valence-corrected chi connectivity index (χ1v) is 9.40. The molecule has 4 rings (SSSR count). The van der Waals surface area contributed by atoms with Crippen molar-refractivity contribution in [1.82, 2.24) is 5.32 Å². The number of carbonyl (C=O) groups is 4. The Bertz CT molecular complexity index is 1330. The fourth-order valence-electron chi connectivity index (χ4n) is 3.07. The van der Waals surface area contributed by atoms with Crippen LogP contribution in [0, 0.1) is 5.82 Å². The van der Waals surface area contributed by atoms with Gasteiger partial charge in [0.1, 0.15) is 22.9 Å². The third-order valence-electron chi connectivity index (χ3n) is 4.55. The summed E-state index contributed by atoms with van der Waals surface area (Å²) in [6, 6.07) is 10.9. The molecule has 4 amide bonds.